The third-order valence-electron chi connectivity index (χ3n) is 6.21. The van der Waals surface area contributed by atoms with E-state index in [1.165, 1.54) is 27.7 Å². The van der Waals surface area contributed by atoms with Gasteiger partial charge >= 0.3 is 5.69 Å². The first kappa shape index (κ1) is 23.2. The number of benzene rings is 2. The van der Waals surface area contributed by atoms with Gasteiger partial charge in [0, 0.05) is 32.2 Å². The van der Waals surface area contributed by atoms with E-state index in [0.717, 1.165) is 0 Å². The molecule has 1 N–H and O–H groups in total. The number of rotatable bonds is 4. The molecular weight excluding hydrogens is 469 g/mol. The maximum absolute atomic E-state index is 14.7. The second-order valence-electron chi connectivity index (χ2n) is 8.58. The van der Waals surface area contributed by atoms with Gasteiger partial charge in [0.05, 0.1) is 23.0 Å². The number of halogens is 1. The zero-order valence-corrected chi connectivity index (χ0v) is 19.4. The third kappa shape index (κ3) is 4.30. The van der Waals surface area contributed by atoms with Crippen LogP contribution in [0.4, 0.5) is 4.39 Å². The topological polar surface area (TPSA) is 122 Å². The summed E-state index contributed by atoms with van der Waals surface area (Å²) in [7, 11) is 0. The number of hydrogen-bond donors (Lipinski definition) is 1. The van der Waals surface area contributed by atoms with Gasteiger partial charge in [0.15, 0.2) is 5.69 Å². The number of fused-ring (bicyclic) bond motifs is 1. The standard InChI is InChI=1S/C25H22FN5O5/c1-15-12-20(28-36-15)24(34)30-10-8-29(9-11-30)23(33)18-13-16(6-7-19(18)26)14-31-21-5-3-2-4-17(21)22(32)27-25(31)35/h2-7,12-13H,8-11,14H2,1H3,(H,27,32,35). The normalized spacial score (nSPS) is 13.8. The van der Waals surface area contributed by atoms with Crippen molar-refractivity contribution in [3.8, 4) is 0 Å². The number of piperazine rings is 1. The van der Waals surface area contributed by atoms with Gasteiger partial charge < -0.3 is 14.3 Å². The Labute approximate surface area is 203 Å². The van der Waals surface area contributed by atoms with Crippen LogP contribution in [0.1, 0.15) is 32.2 Å². The molecule has 10 nitrogen and oxygen atoms in total. The molecular formula is C25H22FN5O5. The van der Waals surface area contributed by atoms with E-state index in [2.05, 4.69) is 10.1 Å². The number of amides is 2. The summed E-state index contributed by atoms with van der Waals surface area (Å²) in [5.74, 6) is -0.943. The molecule has 1 aliphatic heterocycles. The molecule has 0 spiro atoms. The van der Waals surface area contributed by atoms with Crippen LogP contribution in [0.25, 0.3) is 10.9 Å². The van der Waals surface area contributed by atoms with Gasteiger partial charge in [-0.05, 0) is 36.8 Å². The minimum atomic E-state index is -0.681. The van der Waals surface area contributed by atoms with Crippen molar-refractivity contribution in [2.24, 2.45) is 0 Å². The highest BCUT2D eigenvalue weighted by atomic mass is 19.1. The number of hydrogen-bond acceptors (Lipinski definition) is 6. The predicted octanol–water partition coefficient (Wildman–Crippen LogP) is 1.77. The van der Waals surface area contributed by atoms with Crippen molar-refractivity contribution in [1.82, 2.24) is 24.5 Å². The Morgan fingerprint density at radius 1 is 1.00 bits per heavy atom. The fourth-order valence-electron chi connectivity index (χ4n) is 4.33. The lowest BCUT2D eigenvalue weighted by atomic mass is 10.1. The number of carbonyl (C=O) groups is 2. The quantitative estimate of drug-likeness (QED) is 0.465. The summed E-state index contributed by atoms with van der Waals surface area (Å²) >= 11 is 0. The summed E-state index contributed by atoms with van der Waals surface area (Å²) in [5, 5.41) is 4.09. The summed E-state index contributed by atoms with van der Waals surface area (Å²) in [6, 6.07) is 12.3. The Balaban J connectivity index is 1.34. The molecule has 2 aromatic heterocycles. The molecule has 0 atom stereocenters. The highest BCUT2D eigenvalue weighted by molar-refractivity contribution is 5.95. The van der Waals surface area contributed by atoms with Crippen LogP contribution in [0.5, 0.6) is 0 Å². The van der Waals surface area contributed by atoms with Crippen LogP contribution in [0, 0.1) is 12.7 Å². The first-order valence-electron chi connectivity index (χ1n) is 11.3. The van der Waals surface area contributed by atoms with Crippen molar-refractivity contribution in [2.45, 2.75) is 13.5 Å². The zero-order chi connectivity index (χ0) is 25.4. The number of aryl methyl sites for hydroxylation is 1. The Kier molecular flexibility index (Phi) is 5.96. The first-order valence-corrected chi connectivity index (χ1v) is 11.3. The number of aromatic nitrogens is 3. The molecule has 184 valence electrons. The maximum Gasteiger partial charge on any atom is 0.329 e. The molecule has 0 aliphatic carbocycles. The SMILES string of the molecule is Cc1cc(C(=O)N2CCN(C(=O)c3cc(Cn4c(=O)[nH]c(=O)c5ccccc54)ccc3F)CC2)no1. The summed E-state index contributed by atoms with van der Waals surface area (Å²) in [5.41, 5.74) is -0.0461. The Hall–Kier alpha value is -4.54. The van der Waals surface area contributed by atoms with E-state index in [0.29, 0.717) is 22.2 Å². The molecule has 0 radical (unpaired) electrons. The molecule has 4 aromatic rings. The average molecular weight is 491 g/mol. The fourth-order valence-corrected chi connectivity index (χ4v) is 4.33. The Bertz CT molecular complexity index is 1600. The number of nitrogens with zero attached hydrogens (tertiary/aromatic N) is 4. The van der Waals surface area contributed by atoms with E-state index < -0.39 is 23.0 Å². The molecule has 1 fully saturated rings. The van der Waals surface area contributed by atoms with Gasteiger partial charge in [-0.15, -0.1) is 0 Å². The number of aromatic amines is 1. The first-order chi connectivity index (χ1) is 17.3. The molecule has 0 bridgehead atoms. The smallest absolute Gasteiger partial charge is 0.329 e. The van der Waals surface area contributed by atoms with E-state index in [9.17, 15) is 23.6 Å². The second-order valence-corrected chi connectivity index (χ2v) is 8.58. The predicted molar refractivity (Wildman–Crippen MR) is 127 cm³/mol. The van der Waals surface area contributed by atoms with Gasteiger partial charge in [0.1, 0.15) is 11.6 Å². The minimum Gasteiger partial charge on any atom is -0.361 e. The monoisotopic (exact) mass is 491 g/mol. The van der Waals surface area contributed by atoms with Crippen molar-refractivity contribution < 1.29 is 18.5 Å². The van der Waals surface area contributed by atoms with Crippen LogP contribution in [-0.2, 0) is 6.54 Å². The van der Waals surface area contributed by atoms with Crippen LogP contribution in [0.15, 0.2) is 62.6 Å². The Morgan fingerprint density at radius 2 is 1.69 bits per heavy atom. The van der Waals surface area contributed by atoms with Gasteiger partial charge in [-0.25, -0.2) is 9.18 Å². The molecule has 1 aliphatic rings. The highest BCUT2D eigenvalue weighted by Crippen LogP contribution is 2.18. The van der Waals surface area contributed by atoms with Gasteiger partial charge in [-0.3, -0.25) is 23.9 Å². The summed E-state index contributed by atoms with van der Waals surface area (Å²) in [6.45, 7) is 2.74. The molecule has 0 unspecified atom stereocenters. The average Bonchev–Trinajstić information content (AvgIpc) is 3.33. The lowest BCUT2D eigenvalue weighted by Crippen LogP contribution is -2.50. The molecule has 36 heavy (non-hydrogen) atoms. The molecule has 3 heterocycles. The van der Waals surface area contributed by atoms with Crippen LogP contribution >= 0.6 is 0 Å². The van der Waals surface area contributed by atoms with E-state index in [1.807, 2.05) is 0 Å². The summed E-state index contributed by atoms with van der Waals surface area (Å²) in [6.07, 6.45) is 0. The molecule has 11 heteroatoms. The fraction of sp³-hybridized carbons (Fsp3) is 0.240. The van der Waals surface area contributed by atoms with Crippen molar-refractivity contribution >= 4 is 22.7 Å². The van der Waals surface area contributed by atoms with Gasteiger partial charge in [-0.1, -0.05) is 23.4 Å². The van der Waals surface area contributed by atoms with Crippen LogP contribution in [0.3, 0.4) is 0 Å². The largest absolute Gasteiger partial charge is 0.361 e. The molecule has 2 amide bonds. The van der Waals surface area contributed by atoms with Crippen LogP contribution in [0.2, 0.25) is 0 Å². The summed E-state index contributed by atoms with van der Waals surface area (Å²) < 4.78 is 21.0. The van der Waals surface area contributed by atoms with Gasteiger partial charge in [0.25, 0.3) is 17.4 Å². The number of H-pyrrole nitrogens is 1. The minimum absolute atomic E-state index is 0.0378. The molecule has 5 rings (SSSR count). The van der Waals surface area contributed by atoms with E-state index >= 15 is 0 Å². The maximum atomic E-state index is 14.7. The zero-order valence-electron chi connectivity index (χ0n) is 19.4. The van der Waals surface area contributed by atoms with E-state index in [1.54, 1.807) is 42.2 Å². The molecule has 0 saturated carbocycles. The van der Waals surface area contributed by atoms with Gasteiger partial charge in [-0.2, -0.15) is 0 Å². The third-order valence-corrected chi connectivity index (χ3v) is 6.21. The van der Waals surface area contributed by atoms with Gasteiger partial charge in [0.2, 0.25) is 0 Å². The molecule has 2 aromatic carbocycles. The van der Waals surface area contributed by atoms with Crippen molar-refractivity contribution in [2.75, 3.05) is 26.2 Å². The summed E-state index contributed by atoms with van der Waals surface area (Å²) in [4.78, 5) is 55.7. The van der Waals surface area contributed by atoms with Crippen LogP contribution < -0.4 is 11.2 Å². The Morgan fingerprint density at radius 3 is 2.39 bits per heavy atom. The number of para-hydroxylation sites is 1. The van der Waals surface area contributed by atoms with Crippen molar-refractivity contribution in [1.29, 1.82) is 0 Å². The second kappa shape index (κ2) is 9.25. The number of nitrogens with one attached hydrogen (secondary N) is 1. The van der Waals surface area contributed by atoms with Crippen molar-refractivity contribution in [3.05, 3.63) is 97.8 Å². The highest BCUT2D eigenvalue weighted by Gasteiger charge is 2.28. The van der Waals surface area contributed by atoms with Crippen molar-refractivity contribution in [3.63, 3.8) is 0 Å². The number of carbonyl (C=O) groups excluding carboxylic acids is 2. The van der Waals surface area contributed by atoms with E-state index in [4.69, 9.17) is 4.52 Å². The lowest BCUT2D eigenvalue weighted by Gasteiger charge is -2.34. The van der Waals surface area contributed by atoms with E-state index in [-0.39, 0.29) is 49.9 Å². The van der Waals surface area contributed by atoms with Crippen LogP contribution in [-0.4, -0.2) is 62.5 Å². The lowest BCUT2D eigenvalue weighted by molar-refractivity contribution is 0.0527. The molecule has 1 saturated heterocycles.